The Morgan fingerprint density at radius 1 is 0.826 bits per heavy atom. The van der Waals surface area contributed by atoms with Crippen LogP contribution in [0.4, 0.5) is 0 Å². The lowest BCUT2D eigenvalue weighted by Gasteiger charge is -2.37. The highest BCUT2D eigenvalue weighted by atomic mass is 35.5. The molecule has 23 heavy (non-hydrogen) atoms. The summed E-state index contributed by atoms with van der Waals surface area (Å²) in [7, 11) is -3.07. The van der Waals surface area contributed by atoms with Gasteiger partial charge in [-0.1, -0.05) is 27.7 Å². The van der Waals surface area contributed by atoms with E-state index in [0.29, 0.717) is 44.5 Å². The van der Waals surface area contributed by atoms with E-state index in [2.05, 4.69) is 18.7 Å². The van der Waals surface area contributed by atoms with Gasteiger partial charge in [-0.25, -0.2) is 9.34 Å². The summed E-state index contributed by atoms with van der Waals surface area (Å²) in [6.07, 6.45) is 0.864. The van der Waals surface area contributed by atoms with Crippen LogP contribution in [-0.4, -0.2) is 78.4 Å². The Bertz CT molecular complexity index is 324. The predicted octanol–water partition coefficient (Wildman–Crippen LogP) is 3.96. The second kappa shape index (κ2) is 13.9. The van der Waals surface area contributed by atoms with Crippen LogP contribution in [0.2, 0.25) is 0 Å². The highest BCUT2D eigenvalue weighted by molar-refractivity contribution is 7.54. The summed E-state index contributed by atoms with van der Waals surface area (Å²) in [4.78, 5) is 2.33. The summed E-state index contributed by atoms with van der Waals surface area (Å²) in [6.45, 7) is 14.1. The summed E-state index contributed by atoms with van der Waals surface area (Å²) in [5, 5.41) is 0. The Morgan fingerprint density at radius 2 is 1.35 bits per heavy atom. The molecule has 0 aromatic carbocycles. The zero-order valence-electron chi connectivity index (χ0n) is 15.1. The lowest BCUT2D eigenvalue weighted by Crippen LogP contribution is -2.36. The van der Waals surface area contributed by atoms with E-state index in [1.54, 1.807) is 0 Å². The fourth-order valence-corrected chi connectivity index (χ4v) is 5.61. The van der Waals surface area contributed by atoms with Crippen LogP contribution in [0.25, 0.3) is 0 Å². The molecule has 1 atom stereocenters. The molecule has 0 saturated carbocycles. The summed E-state index contributed by atoms with van der Waals surface area (Å²) < 4.78 is 23.2. The molecule has 0 saturated heterocycles. The van der Waals surface area contributed by atoms with Crippen molar-refractivity contribution in [3.63, 3.8) is 0 Å². The largest absolute Gasteiger partial charge is 0.346 e. The molecule has 140 valence electrons. The average Bonchev–Trinajstić information content (AvgIpc) is 2.56. The molecule has 0 aliphatic rings. The van der Waals surface area contributed by atoms with Crippen molar-refractivity contribution in [2.24, 2.45) is 0 Å². The smallest absolute Gasteiger partial charge is 0.306 e. The molecular formula is C15H34Cl2N3O2P. The zero-order chi connectivity index (χ0) is 17.7. The topological polar surface area (TPSA) is 36.0 Å². The van der Waals surface area contributed by atoms with Gasteiger partial charge >= 0.3 is 7.67 Å². The maximum Gasteiger partial charge on any atom is 0.346 e. The molecule has 0 radical (unpaired) electrons. The van der Waals surface area contributed by atoms with Crippen LogP contribution in [0.15, 0.2) is 0 Å². The van der Waals surface area contributed by atoms with Crippen molar-refractivity contribution < 1.29 is 9.09 Å². The fourth-order valence-electron chi connectivity index (χ4n) is 2.49. The Hall–Kier alpha value is 0.650. The third-order valence-corrected chi connectivity index (χ3v) is 7.16. The van der Waals surface area contributed by atoms with E-state index in [-0.39, 0.29) is 0 Å². The van der Waals surface area contributed by atoms with Gasteiger partial charge in [-0.2, -0.15) is 0 Å². The monoisotopic (exact) mass is 389 g/mol. The van der Waals surface area contributed by atoms with E-state index in [0.717, 1.165) is 26.1 Å². The summed E-state index contributed by atoms with van der Waals surface area (Å²) >= 11 is 11.8. The molecule has 0 N–H and O–H groups in total. The zero-order valence-corrected chi connectivity index (χ0v) is 17.5. The SMILES string of the molecule is CCN(CC)CCCOP(=O)(N(CC)CC)N(CCCl)CCCl. The summed E-state index contributed by atoms with van der Waals surface area (Å²) in [6, 6.07) is 0. The number of alkyl halides is 2. The second-order valence-electron chi connectivity index (χ2n) is 5.17. The summed E-state index contributed by atoms with van der Waals surface area (Å²) in [5.41, 5.74) is 0. The van der Waals surface area contributed by atoms with Crippen molar-refractivity contribution >= 4 is 30.9 Å². The number of hydrogen-bond donors (Lipinski definition) is 0. The maximum atomic E-state index is 13.5. The standard InChI is InChI=1S/C15H34Cl2N3O2P/c1-5-18(6-2)12-9-15-22-23(21,19(7-3)8-4)20(13-10-16)14-11-17/h5-15H2,1-4H3. The Morgan fingerprint density at radius 3 is 1.74 bits per heavy atom. The Kier molecular flexibility index (Phi) is 14.3. The normalized spacial score (nSPS) is 14.8. The van der Waals surface area contributed by atoms with Crippen molar-refractivity contribution in [1.82, 2.24) is 14.2 Å². The van der Waals surface area contributed by atoms with Gasteiger partial charge in [0.1, 0.15) is 0 Å². The third-order valence-electron chi connectivity index (χ3n) is 3.90. The first-order valence-corrected chi connectivity index (χ1v) is 11.2. The van der Waals surface area contributed by atoms with Crippen molar-refractivity contribution in [3.8, 4) is 0 Å². The molecule has 0 fully saturated rings. The molecule has 0 aliphatic heterocycles. The van der Waals surface area contributed by atoms with Crippen LogP contribution in [0.5, 0.6) is 0 Å². The molecule has 0 aliphatic carbocycles. The summed E-state index contributed by atoms with van der Waals surface area (Å²) in [5.74, 6) is 0.815. The molecule has 0 aromatic heterocycles. The molecule has 0 amide bonds. The molecule has 0 heterocycles. The fraction of sp³-hybridized carbons (Fsp3) is 1.00. The van der Waals surface area contributed by atoms with Gasteiger partial charge in [-0.3, -0.25) is 4.57 Å². The highest BCUT2D eigenvalue weighted by Crippen LogP contribution is 2.54. The molecule has 0 aromatic rings. The second-order valence-corrected chi connectivity index (χ2v) is 8.30. The number of rotatable bonds is 15. The third kappa shape index (κ3) is 8.04. The first-order chi connectivity index (χ1) is 11.0. The van der Waals surface area contributed by atoms with Crippen LogP contribution in [0.1, 0.15) is 34.1 Å². The van der Waals surface area contributed by atoms with E-state index in [9.17, 15) is 4.57 Å². The lowest BCUT2D eigenvalue weighted by molar-refractivity contribution is 0.198. The van der Waals surface area contributed by atoms with Gasteiger partial charge in [0.25, 0.3) is 0 Å². The van der Waals surface area contributed by atoms with Gasteiger partial charge in [-0.05, 0) is 19.5 Å². The maximum absolute atomic E-state index is 13.5. The van der Waals surface area contributed by atoms with E-state index < -0.39 is 7.67 Å². The average molecular weight is 390 g/mol. The minimum Gasteiger partial charge on any atom is -0.306 e. The van der Waals surface area contributed by atoms with Crippen molar-refractivity contribution in [2.75, 3.05) is 64.2 Å². The van der Waals surface area contributed by atoms with Crippen LogP contribution >= 0.6 is 30.9 Å². The minimum absolute atomic E-state index is 0.408. The van der Waals surface area contributed by atoms with Crippen LogP contribution in [0, 0.1) is 0 Å². The first kappa shape index (κ1) is 23.6. The van der Waals surface area contributed by atoms with Crippen molar-refractivity contribution in [2.45, 2.75) is 34.1 Å². The van der Waals surface area contributed by atoms with Gasteiger partial charge in [-0.15, -0.1) is 23.2 Å². The van der Waals surface area contributed by atoms with E-state index in [1.807, 2.05) is 23.2 Å². The molecular weight excluding hydrogens is 356 g/mol. The van der Waals surface area contributed by atoms with E-state index in [1.165, 1.54) is 0 Å². The molecule has 5 nitrogen and oxygen atoms in total. The molecule has 0 spiro atoms. The van der Waals surface area contributed by atoms with Gasteiger partial charge in [0, 0.05) is 44.5 Å². The molecule has 1 unspecified atom stereocenters. The van der Waals surface area contributed by atoms with Gasteiger partial charge in [0.05, 0.1) is 6.61 Å². The quantitative estimate of drug-likeness (QED) is 0.240. The number of nitrogens with zero attached hydrogens (tertiary/aromatic N) is 3. The Balaban J connectivity index is 4.88. The van der Waals surface area contributed by atoms with Crippen LogP contribution in [-0.2, 0) is 9.09 Å². The van der Waals surface area contributed by atoms with E-state index in [4.69, 9.17) is 27.7 Å². The predicted molar refractivity (Wildman–Crippen MR) is 102 cm³/mol. The molecule has 8 heteroatoms. The number of halogens is 2. The highest BCUT2D eigenvalue weighted by Gasteiger charge is 2.36. The van der Waals surface area contributed by atoms with Crippen LogP contribution < -0.4 is 0 Å². The van der Waals surface area contributed by atoms with Crippen molar-refractivity contribution in [3.05, 3.63) is 0 Å². The first-order valence-electron chi connectivity index (χ1n) is 8.63. The van der Waals surface area contributed by atoms with Crippen molar-refractivity contribution in [1.29, 1.82) is 0 Å². The lowest BCUT2D eigenvalue weighted by atomic mass is 10.4. The van der Waals surface area contributed by atoms with Gasteiger partial charge < -0.3 is 9.42 Å². The Labute approximate surface area is 152 Å². The van der Waals surface area contributed by atoms with E-state index >= 15 is 0 Å². The minimum atomic E-state index is -3.07. The van der Waals surface area contributed by atoms with Gasteiger partial charge in [0.15, 0.2) is 0 Å². The number of hydrogen-bond acceptors (Lipinski definition) is 3. The van der Waals surface area contributed by atoms with Gasteiger partial charge in [0.2, 0.25) is 0 Å². The molecule has 0 rings (SSSR count). The molecule has 0 bridgehead atoms. The van der Waals surface area contributed by atoms with Crippen LogP contribution in [0.3, 0.4) is 0 Å².